The molecule has 1 aliphatic heterocycles. The molecule has 1 aliphatic rings. The number of carbonyl (C=O) groups excluding carboxylic acids is 2. The van der Waals surface area contributed by atoms with Crippen molar-refractivity contribution in [3.05, 3.63) is 59.5 Å². The van der Waals surface area contributed by atoms with Crippen molar-refractivity contribution in [2.75, 3.05) is 44.7 Å². The van der Waals surface area contributed by atoms with Crippen LogP contribution >= 0.6 is 0 Å². The molecular formula is C24H28FN5O3. The summed E-state index contributed by atoms with van der Waals surface area (Å²) in [5.41, 5.74) is 1.98. The molecule has 0 aliphatic carbocycles. The number of hydrogen-bond acceptors (Lipinski definition) is 5. The van der Waals surface area contributed by atoms with Gasteiger partial charge in [0, 0.05) is 49.9 Å². The third-order valence-electron chi connectivity index (χ3n) is 6.17. The van der Waals surface area contributed by atoms with E-state index in [1.807, 2.05) is 25.2 Å². The van der Waals surface area contributed by atoms with E-state index < -0.39 is 11.8 Å². The third kappa shape index (κ3) is 4.68. The summed E-state index contributed by atoms with van der Waals surface area (Å²) in [4.78, 5) is 31.0. The highest BCUT2D eigenvalue weighted by Crippen LogP contribution is 2.26. The Morgan fingerprint density at radius 2 is 1.88 bits per heavy atom. The Kier molecular flexibility index (Phi) is 6.60. The highest BCUT2D eigenvalue weighted by atomic mass is 19.1. The van der Waals surface area contributed by atoms with E-state index in [4.69, 9.17) is 0 Å². The molecule has 1 aromatic heterocycles. The van der Waals surface area contributed by atoms with Crippen LogP contribution in [0.15, 0.2) is 42.6 Å². The van der Waals surface area contributed by atoms with Crippen LogP contribution in [0.4, 0.5) is 14.9 Å². The fraction of sp³-hybridized carbons (Fsp3) is 0.375. The van der Waals surface area contributed by atoms with E-state index in [0.717, 1.165) is 36.6 Å². The molecule has 2 heterocycles. The van der Waals surface area contributed by atoms with Crippen LogP contribution in [0.25, 0.3) is 10.9 Å². The number of piperazine rings is 1. The Balaban J connectivity index is 1.67. The molecular weight excluding hydrogens is 425 g/mol. The summed E-state index contributed by atoms with van der Waals surface area (Å²) in [5.74, 6) is -1.17. The standard InChI is InChI=1S/C24H28FN5O3/c1-4-28-9-11-29(12-10-28)24(32)30(20-8-7-18-15-26-27(2)22(18)14-20)16-19-6-5-17(13-21(19)25)23(31)33-3/h5-8,13-15H,4,9-12,16H2,1-3H3. The van der Waals surface area contributed by atoms with Gasteiger partial charge in [0.1, 0.15) is 5.82 Å². The number of methoxy groups -OCH3 is 1. The number of carbonyl (C=O) groups is 2. The van der Waals surface area contributed by atoms with Crippen LogP contribution in [-0.4, -0.2) is 71.4 Å². The number of amides is 2. The Morgan fingerprint density at radius 1 is 1.12 bits per heavy atom. The van der Waals surface area contributed by atoms with Gasteiger partial charge in [0.05, 0.1) is 30.9 Å². The van der Waals surface area contributed by atoms with Crippen LogP contribution in [0.5, 0.6) is 0 Å². The number of aromatic nitrogens is 2. The molecule has 9 heteroatoms. The van der Waals surface area contributed by atoms with Crippen molar-refractivity contribution in [3.8, 4) is 0 Å². The van der Waals surface area contributed by atoms with Crippen molar-refractivity contribution < 1.29 is 18.7 Å². The predicted molar refractivity (Wildman–Crippen MR) is 124 cm³/mol. The van der Waals surface area contributed by atoms with E-state index in [2.05, 4.69) is 21.7 Å². The molecule has 0 spiro atoms. The van der Waals surface area contributed by atoms with E-state index in [1.165, 1.54) is 19.2 Å². The van der Waals surface area contributed by atoms with Gasteiger partial charge >= 0.3 is 12.0 Å². The molecule has 0 radical (unpaired) electrons. The highest BCUT2D eigenvalue weighted by molar-refractivity contribution is 5.95. The molecule has 8 nitrogen and oxygen atoms in total. The van der Waals surface area contributed by atoms with Gasteiger partial charge in [0.15, 0.2) is 0 Å². The number of esters is 1. The summed E-state index contributed by atoms with van der Waals surface area (Å²) in [6.07, 6.45) is 1.76. The van der Waals surface area contributed by atoms with Gasteiger partial charge in [-0.05, 0) is 36.9 Å². The van der Waals surface area contributed by atoms with E-state index in [1.54, 1.807) is 20.7 Å². The maximum absolute atomic E-state index is 14.9. The summed E-state index contributed by atoms with van der Waals surface area (Å²) in [6, 6.07) is 9.66. The largest absolute Gasteiger partial charge is 0.465 e. The third-order valence-corrected chi connectivity index (χ3v) is 6.17. The first kappa shape index (κ1) is 22.7. The number of anilines is 1. The van der Waals surface area contributed by atoms with Crippen molar-refractivity contribution >= 4 is 28.6 Å². The number of ether oxygens (including phenoxy) is 1. The van der Waals surface area contributed by atoms with Gasteiger partial charge in [-0.1, -0.05) is 13.0 Å². The lowest BCUT2D eigenvalue weighted by Gasteiger charge is -2.37. The lowest BCUT2D eigenvalue weighted by molar-refractivity contribution is 0.0600. The first-order valence-corrected chi connectivity index (χ1v) is 11.0. The number of urea groups is 1. The van der Waals surface area contributed by atoms with Crippen LogP contribution in [0.3, 0.4) is 0 Å². The summed E-state index contributed by atoms with van der Waals surface area (Å²) >= 11 is 0. The lowest BCUT2D eigenvalue weighted by Crippen LogP contribution is -2.52. The van der Waals surface area contributed by atoms with Crippen LogP contribution in [0.1, 0.15) is 22.8 Å². The average molecular weight is 454 g/mol. The summed E-state index contributed by atoms with van der Waals surface area (Å²) < 4.78 is 21.3. The molecule has 1 fully saturated rings. The molecule has 3 aromatic rings. The molecule has 0 N–H and O–H groups in total. The zero-order valence-electron chi connectivity index (χ0n) is 19.1. The second kappa shape index (κ2) is 9.58. The SMILES string of the molecule is CCN1CCN(C(=O)N(Cc2ccc(C(=O)OC)cc2F)c2ccc3cnn(C)c3c2)CC1. The van der Waals surface area contributed by atoms with Crippen LogP contribution < -0.4 is 4.90 Å². The number of likely N-dealkylation sites (N-methyl/N-ethyl adjacent to an activating group) is 1. The normalized spacial score (nSPS) is 14.5. The number of halogens is 1. The number of aryl methyl sites for hydroxylation is 1. The Morgan fingerprint density at radius 3 is 2.55 bits per heavy atom. The van der Waals surface area contributed by atoms with Gasteiger partial charge in [-0.25, -0.2) is 14.0 Å². The van der Waals surface area contributed by atoms with Gasteiger partial charge in [-0.15, -0.1) is 0 Å². The van der Waals surface area contributed by atoms with Crippen molar-refractivity contribution in [2.24, 2.45) is 7.05 Å². The predicted octanol–water partition coefficient (Wildman–Crippen LogP) is 3.26. The van der Waals surface area contributed by atoms with Gasteiger partial charge in [0.2, 0.25) is 0 Å². The molecule has 2 amide bonds. The molecule has 33 heavy (non-hydrogen) atoms. The zero-order valence-corrected chi connectivity index (χ0v) is 19.1. The van der Waals surface area contributed by atoms with Gasteiger partial charge in [0.25, 0.3) is 0 Å². The van der Waals surface area contributed by atoms with Crippen molar-refractivity contribution in [1.82, 2.24) is 19.6 Å². The maximum Gasteiger partial charge on any atom is 0.337 e. The Bertz CT molecular complexity index is 1170. The smallest absolute Gasteiger partial charge is 0.337 e. The molecule has 174 valence electrons. The topological polar surface area (TPSA) is 70.9 Å². The van der Waals surface area contributed by atoms with Gasteiger partial charge in [-0.3, -0.25) is 9.58 Å². The summed E-state index contributed by atoms with van der Waals surface area (Å²) in [6.45, 7) is 5.91. The van der Waals surface area contributed by atoms with Crippen LogP contribution in [0.2, 0.25) is 0 Å². The number of nitrogens with zero attached hydrogens (tertiary/aromatic N) is 5. The second-order valence-electron chi connectivity index (χ2n) is 8.10. The molecule has 1 saturated heterocycles. The average Bonchev–Trinajstić information content (AvgIpc) is 3.22. The fourth-order valence-electron chi connectivity index (χ4n) is 4.09. The molecule has 0 bridgehead atoms. The number of benzene rings is 2. The van der Waals surface area contributed by atoms with E-state index in [-0.39, 0.29) is 18.1 Å². The lowest BCUT2D eigenvalue weighted by atomic mass is 10.1. The van der Waals surface area contributed by atoms with E-state index >= 15 is 0 Å². The van der Waals surface area contributed by atoms with Crippen molar-refractivity contribution in [2.45, 2.75) is 13.5 Å². The first-order chi connectivity index (χ1) is 15.9. The monoisotopic (exact) mass is 453 g/mol. The van der Waals surface area contributed by atoms with Gasteiger partial charge in [-0.2, -0.15) is 5.10 Å². The molecule has 2 aromatic carbocycles. The summed E-state index contributed by atoms with van der Waals surface area (Å²) in [7, 11) is 3.09. The second-order valence-corrected chi connectivity index (χ2v) is 8.10. The summed E-state index contributed by atoms with van der Waals surface area (Å²) in [5, 5.41) is 5.23. The first-order valence-electron chi connectivity index (χ1n) is 11.0. The number of hydrogen-bond donors (Lipinski definition) is 0. The zero-order chi connectivity index (χ0) is 23.5. The Hall–Kier alpha value is -3.46. The molecule has 4 rings (SSSR count). The highest BCUT2D eigenvalue weighted by Gasteiger charge is 2.27. The number of rotatable bonds is 5. The minimum absolute atomic E-state index is 0.0312. The van der Waals surface area contributed by atoms with E-state index in [9.17, 15) is 14.0 Å². The minimum Gasteiger partial charge on any atom is -0.465 e. The molecule has 0 atom stereocenters. The van der Waals surface area contributed by atoms with Crippen molar-refractivity contribution in [3.63, 3.8) is 0 Å². The van der Waals surface area contributed by atoms with Crippen LogP contribution in [0, 0.1) is 5.82 Å². The van der Waals surface area contributed by atoms with Gasteiger partial charge < -0.3 is 14.5 Å². The quantitative estimate of drug-likeness (QED) is 0.555. The van der Waals surface area contributed by atoms with Crippen LogP contribution in [-0.2, 0) is 18.3 Å². The molecule has 0 saturated carbocycles. The van der Waals surface area contributed by atoms with E-state index in [0.29, 0.717) is 24.3 Å². The maximum atomic E-state index is 14.9. The fourth-order valence-corrected chi connectivity index (χ4v) is 4.09. The Labute approximate surface area is 192 Å². The number of fused-ring (bicyclic) bond motifs is 1. The molecule has 0 unspecified atom stereocenters. The minimum atomic E-state index is -0.608. The van der Waals surface area contributed by atoms with Crippen molar-refractivity contribution in [1.29, 1.82) is 0 Å².